The highest BCUT2D eigenvalue weighted by atomic mass is 16.1. The minimum absolute atomic E-state index is 0.117. The van der Waals surface area contributed by atoms with Crippen molar-refractivity contribution in [3.8, 4) is 0 Å². The first-order valence-electron chi connectivity index (χ1n) is 6.10. The van der Waals surface area contributed by atoms with Gasteiger partial charge in [-0.15, -0.1) is 6.58 Å². The summed E-state index contributed by atoms with van der Waals surface area (Å²) in [7, 11) is 0. The number of allylic oxidation sites excluding steroid dienone is 1. The van der Waals surface area contributed by atoms with Gasteiger partial charge in [-0.3, -0.25) is 9.69 Å². The number of nitrogens with two attached hydrogens (primary N) is 1. The highest BCUT2D eigenvalue weighted by molar-refractivity contribution is 5.80. The molecule has 1 aliphatic rings. The smallest absolute Gasteiger partial charge is 0.236 e. The molecule has 0 bridgehead atoms. The highest BCUT2D eigenvalue weighted by Gasteiger charge is 2.25. The van der Waals surface area contributed by atoms with Gasteiger partial charge in [0.15, 0.2) is 0 Å². The van der Waals surface area contributed by atoms with Gasteiger partial charge in [0.2, 0.25) is 5.91 Å². The zero-order valence-electron chi connectivity index (χ0n) is 9.95. The van der Waals surface area contributed by atoms with E-state index < -0.39 is 0 Å². The molecule has 16 heavy (non-hydrogen) atoms. The number of amides is 1. The Labute approximate surface area is 97.9 Å². The number of hydrogen-bond donors (Lipinski definition) is 2. The minimum atomic E-state index is -0.210. The monoisotopic (exact) mass is 225 g/mol. The SMILES string of the molecule is C=CCCCCCN1CCNCC1C(N)=O. The van der Waals surface area contributed by atoms with Crippen LogP contribution in [-0.2, 0) is 4.79 Å². The van der Waals surface area contributed by atoms with Gasteiger partial charge >= 0.3 is 0 Å². The van der Waals surface area contributed by atoms with E-state index in [0.29, 0.717) is 6.54 Å². The topological polar surface area (TPSA) is 58.4 Å². The first kappa shape index (κ1) is 13.2. The lowest BCUT2D eigenvalue weighted by atomic mass is 10.1. The third-order valence-electron chi connectivity index (χ3n) is 3.04. The molecule has 0 spiro atoms. The van der Waals surface area contributed by atoms with Crippen molar-refractivity contribution < 1.29 is 4.79 Å². The maximum Gasteiger partial charge on any atom is 0.236 e. The largest absolute Gasteiger partial charge is 0.368 e. The second-order valence-corrected chi connectivity index (χ2v) is 4.30. The van der Waals surface area contributed by atoms with Crippen molar-refractivity contribution in [3.63, 3.8) is 0 Å². The van der Waals surface area contributed by atoms with Gasteiger partial charge in [0.05, 0.1) is 0 Å². The van der Waals surface area contributed by atoms with Crippen LogP contribution in [-0.4, -0.2) is 43.0 Å². The van der Waals surface area contributed by atoms with Gasteiger partial charge in [-0.05, 0) is 25.8 Å². The van der Waals surface area contributed by atoms with Crippen LogP contribution < -0.4 is 11.1 Å². The number of carbonyl (C=O) groups is 1. The van der Waals surface area contributed by atoms with Gasteiger partial charge in [0.25, 0.3) is 0 Å². The molecule has 1 fully saturated rings. The Morgan fingerprint density at radius 2 is 2.31 bits per heavy atom. The number of primary amides is 1. The first-order valence-corrected chi connectivity index (χ1v) is 6.10. The summed E-state index contributed by atoms with van der Waals surface area (Å²) < 4.78 is 0. The van der Waals surface area contributed by atoms with Gasteiger partial charge in [-0.1, -0.05) is 12.5 Å². The van der Waals surface area contributed by atoms with E-state index in [9.17, 15) is 4.79 Å². The molecule has 1 aliphatic heterocycles. The summed E-state index contributed by atoms with van der Waals surface area (Å²) >= 11 is 0. The average Bonchev–Trinajstić information content (AvgIpc) is 2.29. The van der Waals surface area contributed by atoms with Gasteiger partial charge < -0.3 is 11.1 Å². The van der Waals surface area contributed by atoms with Gasteiger partial charge in [0.1, 0.15) is 6.04 Å². The fraction of sp³-hybridized carbons (Fsp3) is 0.750. The van der Waals surface area contributed by atoms with Crippen molar-refractivity contribution in [1.29, 1.82) is 0 Å². The Hall–Kier alpha value is -0.870. The van der Waals surface area contributed by atoms with Gasteiger partial charge in [-0.25, -0.2) is 0 Å². The molecule has 1 rings (SSSR count). The van der Waals surface area contributed by atoms with Crippen LogP contribution in [0.4, 0.5) is 0 Å². The molecule has 0 aromatic rings. The molecular weight excluding hydrogens is 202 g/mol. The van der Waals surface area contributed by atoms with Crippen LogP contribution in [0.2, 0.25) is 0 Å². The summed E-state index contributed by atoms with van der Waals surface area (Å²) in [6, 6.07) is -0.117. The Balaban J connectivity index is 2.22. The Kier molecular flexibility index (Phi) is 6.11. The second kappa shape index (κ2) is 7.41. The predicted molar refractivity (Wildman–Crippen MR) is 66.1 cm³/mol. The fourth-order valence-electron chi connectivity index (χ4n) is 2.07. The molecule has 1 unspecified atom stereocenters. The molecule has 4 heteroatoms. The normalized spacial score (nSPS) is 21.9. The average molecular weight is 225 g/mol. The van der Waals surface area contributed by atoms with Crippen molar-refractivity contribution in [2.24, 2.45) is 5.73 Å². The van der Waals surface area contributed by atoms with Crippen LogP contribution in [0.3, 0.4) is 0 Å². The lowest BCUT2D eigenvalue weighted by Gasteiger charge is -2.34. The molecule has 4 nitrogen and oxygen atoms in total. The molecule has 92 valence electrons. The number of hydrogen-bond acceptors (Lipinski definition) is 3. The van der Waals surface area contributed by atoms with Gasteiger partial charge in [0, 0.05) is 19.6 Å². The van der Waals surface area contributed by atoms with E-state index in [1.807, 2.05) is 6.08 Å². The minimum Gasteiger partial charge on any atom is -0.368 e. The molecule has 1 heterocycles. The van der Waals surface area contributed by atoms with E-state index in [2.05, 4.69) is 16.8 Å². The summed E-state index contributed by atoms with van der Waals surface area (Å²) in [5.74, 6) is -0.210. The van der Waals surface area contributed by atoms with E-state index in [0.717, 1.165) is 32.5 Å². The third-order valence-corrected chi connectivity index (χ3v) is 3.04. The zero-order valence-corrected chi connectivity index (χ0v) is 9.95. The summed E-state index contributed by atoms with van der Waals surface area (Å²) in [6.07, 6.45) is 6.56. The van der Waals surface area contributed by atoms with Crippen molar-refractivity contribution in [2.45, 2.75) is 31.7 Å². The third kappa shape index (κ3) is 4.33. The van der Waals surface area contributed by atoms with Crippen molar-refractivity contribution in [1.82, 2.24) is 10.2 Å². The lowest BCUT2D eigenvalue weighted by Crippen LogP contribution is -2.56. The van der Waals surface area contributed by atoms with Gasteiger partial charge in [-0.2, -0.15) is 0 Å². The maximum atomic E-state index is 11.2. The molecule has 3 N–H and O–H groups in total. The van der Waals surface area contributed by atoms with Crippen molar-refractivity contribution >= 4 is 5.91 Å². The maximum absolute atomic E-state index is 11.2. The van der Waals surface area contributed by atoms with Crippen LogP contribution in [0, 0.1) is 0 Å². The lowest BCUT2D eigenvalue weighted by molar-refractivity contribution is -0.123. The van der Waals surface area contributed by atoms with Crippen LogP contribution >= 0.6 is 0 Å². The highest BCUT2D eigenvalue weighted by Crippen LogP contribution is 2.07. The standard InChI is InChI=1S/C12H23N3O/c1-2-3-4-5-6-8-15-9-7-14-10-11(15)12(13)16/h2,11,14H,1,3-10H2,(H2,13,16). The summed E-state index contributed by atoms with van der Waals surface area (Å²) in [6.45, 7) is 7.26. The Bertz CT molecular complexity index is 230. The molecule has 0 aliphatic carbocycles. The molecule has 1 saturated heterocycles. The summed E-state index contributed by atoms with van der Waals surface area (Å²) in [4.78, 5) is 13.4. The predicted octanol–water partition coefficient (Wildman–Crippen LogP) is 0.492. The van der Waals surface area contributed by atoms with Crippen molar-refractivity contribution in [2.75, 3.05) is 26.2 Å². The summed E-state index contributed by atoms with van der Waals surface area (Å²) in [5.41, 5.74) is 5.38. The molecule has 0 saturated carbocycles. The van der Waals surface area contributed by atoms with E-state index in [1.165, 1.54) is 12.8 Å². The number of nitrogens with one attached hydrogen (secondary N) is 1. The van der Waals surface area contributed by atoms with E-state index in [4.69, 9.17) is 5.73 Å². The number of unbranched alkanes of at least 4 members (excludes halogenated alkanes) is 3. The molecule has 1 atom stereocenters. The first-order chi connectivity index (χ1) is 7.75. The summed E-state index contributed by atoms with van der Waals surface area (Å²) in [5, 5.41) is 3.20. The van der Waals surface area contributed by atoms with E-state index >= 15 is 0 Å². The quantitative estimate of drug-likeness (QED) is 0.490. The van der Waals surface area contributed by atoms with Crippen LogP contribution in [0.15, 0.2) is 12.7 Å². The number of carbonyl (C=O) groups excluding carboxylic acids is 1. The number of piperazine rings is 1. The molecule has 0 aromatic heterocycles. The second-order valence-electron chi connectivity index (χ2n) is 4.30. The van der Waals surface area contributed by atoms with E-state index in [-0.39, 0.29) is 11.9 Å². The van der Waals surface area contributed by atoms with Crippen LogP contribution in [0.1, 0.15) is 25.7 Å². The Morgan fingerprint density at radius 3 is 3.00 bits per heavy atom. The zero-order chi connectivity index (χ0) is 11.8. The fourth-order valence-corrected chi connectivity index (χ4v) is 2.07. The van der Waals surface area contributed by atoms with Crippen LogP contribution in [0.5, 0.6) is 0 Å². The van der Waals surface area contributed by atoms with E-state index in [1.54, 1.807) is 0 Å². The molecule has 0 aromatic carbocycles. The van der Waals surface area contributed by atoms with Crippen LogP contribution in [0.25, 0.3) is 0 Å². The Morgan fingerprint density at radius 1 is 1.50 bits per heavy atom. The number of rotatable bonds is 7. The molecular formula is C12H23N3O. The molecule has 0 radical (unpaired) electrons. The van der Waals surface area contributed by atoms with Crippen molar-refractivity contribution in [3.05, 3.63) is 12.7 Å². The number of nitrogens with zero attached hydrogens (tertiary/aromatic N) is 1. The molecule has 1 amide bonds.